The van der Waals surface area contributed by atoms with Gasteiger partial charge in [-0.25, -0.2) is 0 Å². The van der Waals surface area contributed by atoms with Crippen molar-refractivity contribution >= 4 is 23.3 Å². The molecule has 1 aromatic heterocycles. The van der Waals surface area contributed by atoms with Crippen molar-refractivity contribution in [1.82, 2.24) is 9.78 Å². The molecule has 1 amide bonds. The molecule has 19 heavy (non-hydrogen) atoms. The molecule has 6 heteroatoms. The van der Waals surface area contributed by atoms with Gasteiger partial charge in [0.2, 0.25) is 0 Å². The Labute approximate surface area is 115 Å². The Morgan fingerprint density at radius 2 is 2.26 bits per heavy atom. The van der Waals surface area contributed by atoms with Crippen LogP contribution in [0.5, 0.6) is 0 Å². The topological polar surface area (TPSA) is 70.7 Å². The number of hydrogen-bond acceptors (Lipinski definition) is 3. The molecule has 0 radical (unpaired) electrons. The smallest absolute Gasteiger partial charge is 0.258 e. The Morgan fingerprint density at radius 3 is 2.89 bits per heavy atom. The molecule has 1 N–H and O–H groups in total. The van der Waals surface area contributed by atoms with Gasteiger partial charge in [0.05, 0.1) is 16.8 Å². The van der Waals surface area contributed by atoms with Gasteiger partial charge in [0.15, 0.2) is 0 Å². The van der Waals surface area contributed by atoms with Crippen LogP contribution in [0.15, 0.2) is 24.4 Å². The van der Waals surface area contributed by atoms with Crippen LogP contribution in [0.3, 0.4) is 0 Å². The number of benzene rings is 1. The van der Waals surface area contributed by atoms with Gasteiger partial charge in [0.1, 0.15) is 17.5 Å². The van der Waals surface area contributed by atoms with Gasteiger partial charge in [0.25, 0.3) is 5.91 Å². The number of hydrogen-bond donors (Lipinski definition) is 1. The highest BCUT2D eigenvalue weighted by atomic mass is 35.5. The van der Waals surface area contributed by atoms with Gasteiger partial charge < -0.3 is 5.32 Å². The van der Waals surface area contributed by atoms with Crippen LogP contribution in [-0.2, 0) is 7.05 Å². The minimum absolute atomic E-state index is 0.305. The molecule has 0 aliphatic rings. The van der Waals surface area contributed by atoms with Crippen molar-refractivity contribution in [3.05, 3.63) is 46.1 Å². The molecule has 0 saturated heterocycles. The largest absolute Gasteiger partial charge is 0.306 e. The van der Waals surface area contributed by atoms with Crippen LogP contribution in [0.2, 0.25) is 5.02 Å². The molecule has 0 bridgehead atoms. The molecule has 2 rings (SSSR count). The molecule has 0 spiro atoms. The maximum Gasteiger partial charge on any atom is 0.258 e. The molecular weight excluding hydrogens is 264 g/mol. The number of anilines is 1. The monoisotopic (exact) mass is 274 g/mol. The summed E-state index contributed by atoms with van der Waals surface area (Å²) in [5, 5.41) is 15.9. The van der Waals surface area contributed by atoms with Crippen LogP contribution < -0.4 is 5.32 Å². The summed E-state index contributed by atoms with van der Waals surface area (Å²) in [5.41, 5.74) is 1.64. The summed E-state index contributed by atoms with van der Waals surface area (Å²) >= 11 is 6.03. The molecule has 0 atom stereocenters. The molecule has 0 saturated carbocycles. The van der Waals surface area contributed by atoms with E-state index in [1.807, 2.05) is 13.0 Å². The van der Waals surface area contributed by atoms with Crippen molar-refractivity contribution in [3.63, 3.8) is 0 Å². The molecular formula is C13H11ClN4O. The fraction of sp³-hybridized carbons (Fsp3) is 0.154. The van der Waals surface area contributed by atoms with E-state index in [0.29, 0.717) is 22.0 Å². The summed E-state index contributed by atoms with van der Waals surface area (Å²) in [6, 6.07) is 7.13. The molecule has 0 unspecified atom stereocenters. The van der Waals surface area contributed by atoms with Gasteiger partial charge in [-0.1, -0.05) is 17.7 Å². The highest BCUT2D eigenvalue weighted by Gasteiger charge is 2.15. The lowest BCUT2D eigenvalue weighted by Crippen LogP contribution is -2.16. The Morgan fingerprint density at radius 1 is 1.53 bits per heavy atom. The number of nitriles is 1. The van der Waals surface area contributed by atoms with Crippen molar-refractivity contribution in [2.45, 2.75) is 6.92 Å². The second-order valence-electron chi connectivity index (χ2n) is 4.08. The van der Waals surface area contributed by atoms with E-state index >= 15 is 0 Å². The predicted octanol–water partition coefficient (Wildman–Crippen LogP) is 2.51. The Hall–Kier alpha value is -2.32. The Balaban J connectivity index is 2.31. The van der Waals surface area contributed by atoms with Crippen molar-refractivity contribution < 1.29 is 4.79 Å². The zero-order valence-corrected chi connectivity index (χ0v) is 11.2. The molecule has 0 aliphatic heterocycles. The average molecular weight is 275 g/mol. The number of halogens is 1. The average Bonchev–Trinajstić information content (AvgIpc) is 2.70. The quantitative estimate of drug-likeness (QED) is 0.915. The molecule has 96 valence electrons. The first-order valence-electron chi connectivity index (χ1n) is 5.52. The zero-order chi connectivity index (χ0) is 14.0. The van der Waals surface area contributed by atoms with Gasteiger partial charge >= 0.3 is 0 Å². The third-order valence-electron chi connectivity index (χ3n) is 2.66. The third-order valence-corrected chi connectivity index (χ3v) is 2.97. The van der Waals surface area contributed by atoms with E-state index in [2.05, 4.69) is 10.4 Å². The van der Waals surface area contributed by atoms with Crippen LogP contribution >= 0.6 is 11.6 Å². The summed E-state index contributed by atoms with van der Waals surface area (Å²) < 4.78 is 1.43. The molecule has 2 aromatic rings. The summed E-state index contributed by atoms with van der Waals surface area (Å²) in [6.07, 6.45) is 1.40. The number of nitrogens with one attached hydrogen (secondary N) is 1. The minimum atomic E-state index is -0.370. The van der Waals surface area contributed by atoms with Crippen LogP contribution in [0.25, 0.3) is 0 Å². The number of aryl methyl sites for hydroxylation is 2. The second-order valence-corrected chi connectivity index (χ2v) is 4.49. The first kappa shape index (κ1) is 13.1. The van der Waals surface area contributed by atoms with E-state index in [-0.39, 0.29) is 5.91 Å². The van der Waals surface area contributed by atoms with Crippen LogP contribution in [0.4, 0.5) is 5.82 Å². The van der Waals surface area contributed by atoms with Gasteiger partial charge in [-0.2, -0.15) is 10.4 Å². The van der Waals surface area contributed by atoms with Crippen LogP contribution in [0.1, 0.15) is 21.5 Å². The normalized spacial score (nSPS) is 10.0. The zero-order valence-electron chi connectivity index (χ0n) is 10.4. The maximum atomic E-state index is 12.1. The number of nitrogens with zero attached hydrogens (tertiary/aromatic N) is 3. The van der Waals surface area contributed by atoms with E-state index < -0.39 is 0 Å². The van der Waals surface area contributed by atoms with Crippen molar-refractivity contribution in [3.8, 4) is 6.07 Å². The summed E-state index contributed by atoms with van der Waals surface area (Å²) in [7, 11) is 1.65. The Bertz CT molecular complexity index is 684. The maximum absolute atomic E-state index is 12.1. The fourth-order valence-electron chi connectivity index (χ4n) is 1.65. The van der Waals surface area contributed by atoms with E-state index in [1.54, 1.807) is 25.2 Å². The second kappa shape index (κ2) is 5.12. The predicted molar refractivity (Wildman–Crippen MR) is 72.1 cm³/mol. The number of rotatable bonds is 2. The first-order chi connectivity index (χ1) is 9.02. The number of aromatic nitrogens is 2. The van der Waals surface area contributed by atoms with Gasteiger partial charge in [-0.3, -0.25) is 9.48 Å². The van der Waals surface area contributed by atoms with E-state index in [9.17, 15) is 4.79 Å². The highest BCUT2D eigenvalue weighted by molar-refractivity contribution is 6.34. The summed E-state index contributed by atoms with van der Waals surface area (Å²) in [5.74, 6) is -0.0192. The molecule has 1 aromatic carbocycles. The summed E-state index contributed by atoms with van der Waals surface area (Å²) in [4.78, 5) is 12.1. The number of carbonyl (C=O) groups is 1. The number of carbonyl (C=O) groups excluding carboxylic acids is 1. The molecule has 5 nitrogen and oxygen atoms in total. The lowest BCUT2D eigenvalue weighted by atomic mass is 10.1. The SMILES string of the molecule is Cc1ccc(C(=O)Nc2c(C#N)cnn2C)c(Cl)c1. The minimum Gasteiger partial charge on any atom is -0.306 e. The highest BCUT2D eigenvalue weighted by Crippen LogP contribution is 2.20. The van der Waals surface area contributed by atoms with Crippen molar-refractivity contribution in [2.75, 3.05) is 5.32 Å². The lowest BCUT2D eigenvalue weighted by molar-refractivity contribution is 0.102. The van der Waals surface area contributed by atoms with E-state index in [4.69, 9.17) is 16.9 Å². The third kappa shape index (κ3) is 2.59. The molecule has 0 aliphatic carbocycles. The van der Waals surface area contributed by atoms with Crippen LogP contribution in [0, 0.1) is 18.3 Å². The van der Waals surface area contributed by atoms with Crippen molar-refractivity contribution in [1.29, 1.82) is 5.26 Å². The van der Waals surface area contributed by atoms with Gasteiger partial charge in [-0.15, -0.1) is 0 Å². The molecule has 0 fully saturated rings. The fourth-order valence-corrected chi connectivity index (χ4v) is 1.97. The first-order valence-corrected chi connectivity index (χ1v) is 5.90. The van der Waals surface area contributed by atoms with E-state index in [0.717, 1.165) is 5.56 Å². The van der Waals surface area contributed by atoms with Crippen molar-refractivity contribution in [2.24, 2.45) is 7.05 Å². The van der Waals surface area contributed by atoms with Gasteiger partial charge in [0, 0.05) is 7.05 Å². The van der Waals surface area contributed by atoms with Crippen LogP contribution in [-0.4, -0.2) is 15.7 Å². The van der Waals surface area contributed by atoms with E-state index in [1.165, 1.54) is 10.9 Å². The molecule has 1 heterocycles. The standard InChI is InChI=1S/C13H11ClN4O/c1-8-3-4-10(11(14)5-8)13(19)17-12-9(6-15)7-16-18(12)2/h3-5,7H,1-2H3,(H,17,19). The Kier molecular flexibility index (Phi) is 3.54. The lowest BCUT2D eigenvalue weighted by Gasteiger charge is -2.08. The summed E-state index contributed by atoms with van der Waals surface area (Å²) in [6.45, 7) is 1.89. The van der Waals surface area contributed by atoms with Gasteiger partial charge in [-0.05, 0) is 24.6 Å². The number of amides is 1.